The zero-order valence-corrected chi connectivity index (χ0v) is 16.8. The lowest BCUT2D eigenvalue weighted by Gasteiger charge is -2.32. The van der Waals surface area contributed by atoms with Gasteiger partial charge in [0.05, 0.1) is 10.6 Å². The second-order valence-corrected chi connectivity index (χ2v) is 7.87. The van der Waals surface area contributed by atoms with Gasteiger partial charge in [0, 0.05) is 32.0 Å². The highest BCUT2D eigenvalue weighted by Gasteiger charge is 2.26. The van der Waals surface area contributed by atoms with Crippen LogP contribution in [-0.4, -0.2) is 33.3 Å². The van der Waals surface area contributed by atoms with Gasteiger partial charge in [-0.25, -0.2) is 4.98 Å². The minimum atomic E-state index is -0.0934. The van der Waals surface area contributed by atoms with Gasteiger partial charge in [-0.2, -0.15) is 5.26 Å². The minimum Gasteiger partial charge on any atom is -0.337 e. The van der Waals surface area contributed by atoms with Gasteiger partial charge in [-0.1, -0.05) is 35.9 Å². The van der Waals surface area contributed by atoms with Gasteiger partial charge in [-0.3, -0.25) is 4.79 Å². The van der Waals surface area contributed by atoms with E-state index >= 15 is 0 Å². The number of aromatic nitrogens is 2. The lowest BCUT2D eigenvalue weighted by atomic mass is 9.88. The van der Waals surface area contributed by atoms with Gasteiger partial charge in [-0.15, -0.1) is 0 Å². The van der Waals surface area contributed by atoms with Crippen molar-refractivity contribution in [1.29, 1.82) is 5.26 Å². The van der Waals surface area contributed by atoms with Crippen LogP contribution in [0.25, 0.3) is 5.65 Å². The molecule has 4 rings (SSSR count). The molecule has 0 atom stereocenters. The Hall–Kier alpha value is -2.88. The first kappa shape index (κ1) is 19.4. The molecule has 1 aliphatic rings. The number of piperidine rings is 1. The van der Waals surface area contributed by atoms with Crippen LogP contribution in [0.3, 0.4) is 0 Å². The van der Waals surface area contributed by atoms with Crippen LogP contribution >= 0.6 is 11.6 Å². The van der Waals surface area contributed by atoms with E-state index < -0.39 is 0 Å². The summed E-state index contributed by atoms with van der Waals surface area (Å²) >= 11 is 6.20. The first-order valence-corrected chi connectivity index (χ1v) is 10.1. The van der Waals surface area contributed by atoms with Gasteiger partial charge >= 0.3 is 0 Å². The Morgan fingerprint density at radius 1 is 1.24 bits per heavy atom. The number of likely N-dealkylation sites (tertiary alicyclic amines) is 1. The molecular formula is C22H22ClN5O. The summed E-state index contributed by atoms with van der Waals surface area (Å²) in [5, 5.41) is 9.44. The lowest BCUT2D eigenvalue weighted by Crippen LogP contribution is -2.39. The van der Waals surface area contributed by atoms with Crippen molar-refractivity contribution in [2.45, 2.75) is 25.8 Å². The Morgan fingerprint density at radius 2 is 1.97 bits per heavy atom. The number of pyridine rings is 1. The summed E-state index contributed by atoms with van der Waals surface area (Å²) in [6, 6.07) is 11.9. The van der Waals surface area contributed by atoms with Gasteiger partial charge in [0.2, 0.25) is 0 Å². The fourth-order valence-electron chi connectivity index (χ4n) is 3.99. The summed E-state index contributed by atoms with van der Waals surface area (Å²) in [5.74, 6) is 0.449. The topological polar surface area (TPSA) is 87.4 Å². The predicted molar refractivity (Wildman–Crippen MR) is 112 cm³/mol. The fourth-order valence-corrected chi connectivity index (χ4v) is 4.25. The molecule has 2 aromatic heterocycles. The third-order valence-corrected chi connectivity index (χ3v) is 5.88. The van der Waals surface area contributed by atoms with E-state index in [0.717, 1.165) is 19.3 Å². The highest BCUT2D eigenvalue weighted by molar-refractivity contribution is 6.33. The number of carbonyl (C=O) groups is 1. The number of fused-ring (bicyclic) bond motifs is 1. The van der Waals surface area contributed by atoms with E-state index in [0.29, 0.717) is 47.5 Å². The number of hydrogen-bond donors (Lipinski definition) is 1. The number of benzene rings is 1. The van der Waals surface area contributed by atoms with E-state index in [1.807, 2.05) is 11.0 Å². The quantitative estimate of drug-likeness (QED) is 0.717. The van der Waals surface area contributed by atoms with Crippen LogP contribution in [-0.2, 0) is 13.0 Å². The number of amides is 1. The molecule has 0 radical (unpaired) electrons. The standard InChI is InChI=1S/C22H22ClN5O/c23-19-10-16(11-24)13-28-14-20(26-21(19)28)22(29)27-7-5-15(6-8-27)9-17-3-1-2-4-18(17)12-25/h1-4,10,13-15H,5-9,12,25H2. The van der Waals surface area contributed by atoms with Crippen molar-refractivity contribution >= 4 is 23.2 Å². The van der Waals surface area contributed by atoms with Crippen LogP contribution in [0.2, 0.25) is 5.02 Å². The zero-order chi connectivity index (χ0) is 20.4. The van der Waals surface area contributed by atoms with E-state index in [4.69, 9.17) is 22.6 Å². The molecule has 1 saturated heterocycles. The predicted octanol–water partition coefficient (Wildman–Crippen LogP) is 3.41. The Labute approximate surface area is 174 Å². The number of nitrogens with zero attached hydrogens (tertiary/aromatic N) is 4. The number of halogens is 1. The van der Waals surface area contributed by atoms with Crippen molar-refractivity contribution in [3.63, 3.8) is 0 Å². The molecule has 0 unspecified atom stereocenters. The molecule has 29 heavy (non-hydrogen) atoms. The summed E-state index contributed by atoms with van der Waals surface area (Å²) < 4.78 is 1.64. The Morgan fingerprint density at radius 3 is 2.66 bits per heavy atom. The molecule has 0 saturated carbocycles. The first-order chi connectivity index (χ1) is 14.1. The first-order valence-electron chi connectivity index (χ1n) is 9.73. The smallest absolute Gasteiger partial charge is 0.274 e. The summed E-state index contributed by atoms with van der Waals surface area (Å²) in [7, 11) is 0. The van der Waals surface area contributed by atoms with Crippen molar-refractivity contribution in [3.8, 4) is 6.07 Å². The number of rotatable bonds is 4. The number of hydrogen-bond acceptors (Lipinski definition) is 4. The second kappa shape index (κ2) is 8.24. The minimum absolute atomic E-state index is 0.0934. The van der Waals surface area contributed by atoms with E-state index in [9.17, 15) is 4.79 Å². The molecule has 1 aromatic carbocycles. The number of nitrogens with two attached hydrogens (primary N) is 1. The third kappa shape index (κ3) is 3.98. The Balaban J connectivity index is 1.43. The summed E-state index contributed by atoms with van der Waals surface area (Å²) in [4.78, 5) is 19.2. The van der Waals surface area contributed by atoms with Crippen LogP contribution in [0, 0.1) is 17.2 Å². The monoisotopic (exact) mass is 407 g/mol. The van der Waals surface area contributed by atoms with Gasteiger partial charge in [0.15, 0.2) is 5.65 Å². The fraction of sp³-hybridized carbons (Fsp3) is 0.318. The van der Waals surface area contributed by atoms with Crippen molar-refractivity contribution in [2.75, 3.05) is 13.1 Å². The van der Waals surface area contributed by atoms with Crippen LogP contribution in [0.5, 0.6) is 0 Å². The average molecular weight is 408 g/mol. The van der Waals surface area contributed by atoms with E-state index in [2.05, 4.69) is 29.3 Å². The molecule has 6 nitrogen and oxygen atoms in total. The Kier molecular flexibility index (Phi) is 5.52. The lowest BCUT2D eigenvalue weighted by molar-refractivity contribution is 0.0685. The largest absolute Gasteiger partial charge is 0.337 e. The second-order valence-electron chi connectivity index (χ2n) is 7.46. The SMILES string of the molecule is N#Cc1cc(Cl)c2nc(C(=O)N3CCC(Cc4ccccc4CN)CC3)cn2c1. The van der Waals surface area contributed by atoms with E-state index in [1.54, 1.807) is 22.9 Å². The van der Waals surface area contributed by atoms with Gasteiger partial charge in [-0.05, 0) is 42.4 Å². The van der Waals surface area contributed by atoms with Crippen molar-refractivity contribution in [3.05, 3.63) is 70.1 Å². The van der Waals surface area contributed by atoms with Crippen molar-refractivity contribution in [2.24, 2.45) is 11.7 Å². The molecule has 3 aromatic rings. The van der Waals surface area contributed by atoms with Crippen LogP contribution in [0.15, 0.2) is 42.7 Å². The third-order valence-electron chi connectivity index (χ3n) is 5.60. The molecule has 1 fully saturated rings. The van der Waals surface area contributed by atoms with Crippen LogP contribution in [0.1, 0.15) is 40.0 Å². The molecular weight excluding hydrogens is 386 g/mol. The van der Waals surface area contributed by atoms with Crippen LogP contribution < -0.4 is 5.73 Å². The van der Waals surface area contributed by atoms with E-state index in [1.165, 1.54) is 11.1 Å². The van der Waals surface area contributed by atoms with Crippen molar-refractivity contribution < 1.29 is 4.79 Å². The molecule has 0 aliphatic carbocycles. The normalized spacial score (nSPS) is 14.9. The molecule has 1 aliphatic heterocycles. The molecule has 148 valence electrons. The molecule has 2 N–H and O–H groups in total. The Bertz CT molecular complexity index is 1090. The summed E-state index contributed by atoms with van der Waals surface area (Å²) in [6.07, 6.45) is 6.19. The maximum Gasteiger partial charge on any atom is 0.274 e. The average Bonchev–Trinajstić information content (AvgIpc) is 3.19. The number of nitriles is 1. The molecule has 0 bridgehead atoms. The van der Waals surface area contributed by atoms with Crippen LogP contribution in [0.4, 0.5) is 0 Å². The molecule has 0 spiro atoms. The zero-order valence-electron chi connectivity index (χ0n) is 16.0. The summed E-state index contributed by atoms with van der Waals surface area (Å²) in [6.45, 7) is 1.97. The van der Waals surface area contributed by atoms with Gasteiger partial charge < -0.3 is 15.0 Å². The van der Waals surface area contributed by atoms with Crippen molar-refractivity contribution in [1.82, 2.24) is 14.3 Å². The number of imidazole rings is 1. The highest BCUT2D eigenvalue weighted by atomic mass is 35.5. The maximum atomic E-state index is 12.9. The number of carbonyl (C=O) groups excluding carboxylic acids is 1. The molecule has 1 amide bonds. The maximum absolute atomic E-state index is 12.9. The van der Waals surface area contributed by atoms with E-state index in [-0.39, 0.29) is 5.91 Å². The van der Waals surface area contributed by atoms with Gasteiger partial charge in [0.25, 0.3) is 5.91 Å². The highest BCUT2D eigenvalue weighted by Crippen LogP contribution is 2.25. The molecule has 7 heteroatoms. The summed E-state index contributed by atoms with van der Waals surface area (Å²) in [5.41, 5.74) is 9.63. The van der Waals surface area contributed by atoms with Gasteiger partial charge in [0.1, 0.15) is 11.8 Å². The molecule has 3 heterocycles.